The quantitative estimate of drug-likeness (QED) is 0.550. The van der Waals surface area contributed by atoms with Gasteiger partial charge in [0.2, 0.25) is 0 Å². The molecule has 112 valence electrons. The van der Waals surface area contributed by atoms with Gasteiger partial charge in [0.1, 0.15) is 0 Å². The molecule has 0 aliphatic rings. The second-order valence-electron chi connectivity index (χ2n) is 5.60. The Balaban J connectivity index is 2.37. The Morgan fingerprint density at radius 3 is 2.30 bits per heavy atom. The number of carbonyl (C=O) groups is 1. The number of rotatable bonds is 11. The Hall–Kier alpha value is -1.31. The molecule has 0 heterocycles. The first kappa shape index (κ1) is 16.7. The Labute approximate surface area is 123 Å². The molecule has 0 aliphatic carbocycles. The summed E-state index contributed by atoms with van der Waals surface area (Å²) in [6.07, 6.45) is 9.90. The summed E-state index contributed by atoms with van der Waals surface area (Å²) in [6, 6.07) is 10.4. The topological polar surface area (TPSA) is 37.3 Å². The van der Waals surface area contributed by atoms with E-state index in [1.54, 1.807) is 0 Å². The van der Waals surface area contributed by atoms with E-state index >= 15 is 0 Å². The molecule has 0 bridgehead atoms. The number of carboxylic acid groups (broad SMARTS) is 1. The maximum Gasteiger partial charge on any atom is 0.303 e. The van der Waals surface area contributed by atoms with Crippen LogP contribution in [-0.4, -0.2) is 11.1 Å². The zero-order chi connectivity index (χ0) is 14.6. The van der Waals surface area contributed by atoms with Crippen LogP contribution in [0.4, 0.5) is 0 Å². The Morgan fingerprint density at radius 2 is 1.65 bits per heavy atom. The lowest BCUT2D eigenvalue weighted by Gasteiger charge is -2.16. The van der Waals surface area contributed by atoms with E-state index in [2.05, 4.69) is 19.1 Å². The van der Waals surface area contributed by atoms with Crippen molar-refractivity contribution in [3.63, 3.8) is 0 Å². The molecule has 0 spiro atoms. The van der Waals surface area contributed by atoms with Crippen LogP contribution in [0.15, 0.2) is 30.3 Å². The molecule has 0 amide bonds. The molecule has 0 fully saturated rings. The number of carboxylic acids is 1. The lowest BCUT2D eigenvalue weighted by Crippen LogP contribution is -2.03. The van der Waals surface area contributed by atoms with Gasteiger partial charge in [-0.05, 0) is 24.3 Å². The zero-order valence-corrected chi connectivity index (χ0v) is 12.7. The first-order valence-corrected chi connectivity index (χ1v) is 8.00. The summed E-state index contributed by atoms with van der Waals surface area (Å²) in [5.41, 5.74) is 1.29. The third-order valence-electron chi connectivity index (χ3n) is 3.88. The van der Waals surface area contributed by atoms with Crippen molar-refractivity contribution in [3.05, 3.63) is 35.9 Å². The molecule has 1 atom stereocenters. The minimum atomic E-state index is -0.686. The second kappa shape index (κ2) is 10.5. The molecular formula is C18H28O2. The molecule has 0 aromatic heterocycles. The molecule has 2 heteroatoms. The smallest absolute Gasteiger partial charge is 0.303 e. The largest absolute Gasteiger partial charge is 0.481 e. The van der Waals surface area contributed by atoms with E-state index in [1.165, 1.54) is 44.1 Å². The minimum Gasteiger partial charge on any atom is -0.481 e. The molecule has 1 aromatic rings. The maximum atomic E-state index is 10.8. The third kappa shape index (κ3) is 7.32. The van der Waals surface area contributed by atoms with Crippen molar-refractivity contribution in [3.8, 4) is 0 Å². The molecule has 0 radical (unpaired) electrons. The van der Waals surface area contributed by atoms with Crippen LogP contribution in [-0.2, 0) is 4.79 Å². The highest BCUT2D eigenvalue weighted by Gasteiger charge is 2.12. The molecule has 0 saturated heterocycles. The fraction of sp³-hybridized carbons (Fsp3) is 0.611. The maximum absolute atomic E-state index is 10.8. The zero-order valence-electron chi connectivity index (χ0n) is 12.7. The summed E-state index contributed by atoms with van der Waals surface area (Å²) in [5, 5.41) is 8.88. The molecule has 1 unspecified atom stereocenters. The molecule has 1 N–H and O–H groups in total. The number of aliphatic carboxylic acids is 1. The standard InChI is InChI=1S/C18H28O2/c1-2-3-4-5-6-8-13-17(14-15-18(19)20)16-11-9-7-10-12-16/h7,9-12,17H,2-6,8,13-15H2,1H3,(H,19,20). The molecule has 1 aromatic carbocycles. The van der Waals surface area contributed by atoms with Crippen LogP contribution < -0.4 is 0 Å². The number of hydrogen-bond donors (Lipinski definition) is 1. The lowest BCUT2D eigenvalue weighted by atomic mass is 9.89. The van der Waals surface area contributed by atoms with Crippen molar-refractivity contribution >= 4 is 5.97 Å². The predicted octanol–water partition coefficient (Wildman–Crippen LogP) is 5.39. The van der Waals surface area contributed by atoms with E-state index < -0.39 is 5.97 Å². The molecule has 20 heavy (non-hydrogen) atoms. The average molecular weight is 276 g/mol. The van der Waals surface area contributed by atoms with E-state index in [9.17, 15) is 4.79 Å². The van der Waals surface area contributed by atoms with Crippen molar-refractivity contribution in [2.24, 2.45) is 0 Å². The SMILES string of the molecule is CCCCCCCCC(CCC(=O)O)c1ccccc1. The fourth-order valence-corrected chi connectivity index (χ4v) is 2.67. The summed E-state index contributed by atoms with van der Waals surface area (Å²) in [6.45, 7) is 2.23. The van der Waals surface area contributed by atoms with Crippen molar-refractivity contribution < 1.29 is 9.90 Å². The van der Waals surface area contributed by atoms with Crippen LogP contribution in [0.2, 0.25) is 0 Å². The van der Waals surface area contributed by atoms with Gasteiger partial charge in [0.05, 0.1) is 0 Å². The van der Waals surface area contributed by atoms with Gasteiger partial charge in [-0.2, -0.15) is 0 Å². The highest BCUT2D eigenvalue weighted by molar-refractivity contribution is 5.66. The van der Waals surface area contributed by atoms with Gasteiger partial charge < -0.3 is 5.11 Å². The molecular weight excluding hydrogens is 248 g/mol. The van der Waals surface area contributed by atoms with Crippen LogP contribution in [0, 0.1) is 0 Å². The van der Waals surface area contributed by atoms with Gasteiger partial charge in [-0.15, -0.1) is 0 Å². The third-order valence-corrected chi connectivity index (χ3v) is 3.88. The van der Waals surface area contributed by atoms with Gasteiger partial charge in [-0.1, -0.05) is 75.8 Å². The van der Waals surface area contributed by atoms with E-state index in [0.717, 1.165) is 12.8 Å². The molecule has 0 saturated carbocycles. The van der Waals surface area contributed by atoms with Crippen LogP contribution in [0.5, 0.6) is 0 Å². The fourth-order valence-electron chi connectivity index (χ4n) is 2.67. The predicted molar refractivity (Wildman–Crippen MR) is 84.0 cm³/mol. The van der Waals surface area contributed by atoms with Crippen LogP contribution in [0.25, 0.3) is 0 Å². The van der Waals surface area contributed by atoms with Gasteiger partial charge in [0.15, 0.2) is 0 Å². The Kier molecular flexibility index (Phi) is 8.77. The average Bonchev–Trinajstić information content (AvgIpc) is 2.46. The van der Waals surface area contributed by atoms with E-state index in [4.69, 9.17) is 5.11 Å². The van der Waals surface area contributed by atoms with E-state index in [-0.39, 0.29) is 6.42 Å². The van der Waals surface area contributed by atoms with Gasteiger partial charge in [0.25, 0.3) is 0 Å². The first-order chi connectivity index (χ1) is 9.74. The van der Waals surface area contributed by atoms with Crippen molar-refractivity contribution in [2.45, 2.75) is 70.6 Å². The number of benzene rings is 1. The lowest BCUT2D eigenvalue weighted by molar-refractivity contribution is -0.137. The van der Waals surface area contributed by atoms with Gasteiger partial charge in [-0.3, -0.25) is 4.79 Å². The first-order valence-electron chi connectivity index (χ1n) is 8.00. The van der Waals surface area contributed by atoms with Gasteiger partial charge in [-0.25, -0.2) is 0 Å². The van der Waals surface area contributed by atoms with Crippen molar-refractivity contribution in [2.75, 3.05) is 0 Å². The molecule has 2 nitrogen and oxygen atoms in total. The highest BCUT2D eigenvalue weighted by atomic mass is 16.4. The highest BCUT2D eigenvalue weighted by Crippen LogP contribution is 2.27. The summed E-state index contributed by atoms with van der Waals surface area (Å²) in [5.74, 6) is -0.285. The normalized spacial score (nSPS) is 12.2. The Morgan fingerprint density at radius 1 is 1.00 bits per heavy atom. The van der Waals surface area contributed by atoms with Crippen LogP contribution in [0.1, 0.15) is 76.2 Å². The number of hydrogen-bond acceptors (Lipinski definition) is 1. The van der Waals surface area contributed by atoms with Gasteiger partial charge >= 0.3 is 5.97 Å². The van der Waals surface area contributed by atoms with Crippen LogP contribution >= 0.6 is 0 Å². The molecule has 0 aliphatic heterocycles. The monoisotopic (exact) mass is 276 g/mol. The van der Waals surface area contributed by atoms with Crippen molar-refractivity contribution in [1.82, 2.24) is 0 Å². The summed E-state index contributed by atoms with van der Waals surface area (Å²) < 4.78 is 0. The number of unbranched alkanes of at least 4 members (excludes halogenated alkanes) is 5. The van der Waals surface area contributed by atoms with E-state index in [0.29, 0.717) is 5.92 Å². The summed E-state index contributed by atoms with van der Waals surface area (Å²) in [4.78, 5) is 10.8. The van der Waals surface area contributed by atoms with Crippen molar-refractivity contribution in [1.29, 1.82) is 0 Å². The summed E-state index contributed by atoms with van der Waals surface area (Å²) >= 11 is 0. The van der Waals surface area contributed by atoms with Gasteiger partial charge in [0, 0.05) is 6.42 Å². The van der Waals surface area contributed by atoms with Crippen LogP contribution in [0.3, 0.4) is 0 Å². The summed E-state index contributed by atoms with van der Waals surface area (Å²) in [7, 11) is 0. The minimum absolute atomic E-state index is 0.273. The second-order valence-corrected chi connectivity index (χ2v) is 5.60. The Bertz CT molecular complexity index is 359. The van der Waals surface area contributed by atoms with E-state index in [1.807, 2.05) is 18.2 Å². The molecule has 1 rings (SSSR count).